The van der Waals surface area contributed by atoms with Crippen molar-refractivity contribution in [3.63, 3.8) is 0 Å². The Hall–Kier alpha value is -1.63. The molecule has 0 amide bonds. The van der Waals surface area contributed by atoms with E-state index in [-0.39, 0.29) is 24.9 Å². The maximum absolute atomic E-state index is 13.4. The van der Waals surface area contributed by atoms with Crippen LogP contribution in [0.3, 0.4) is 0 Å². The van der Waals surface area contributed by atoms with E-state index in [1.807, 2.05) is 28.8 Å². The van der Waals surface area contributed by atoms with Crippen LogP contribution < -0.4 is 5.69 Å². The molecule has 0 radical (unpaired) electrons. The number of piperidine rings is 1. The Labute approximate surface area is 184 Å². The van der Waals surface area contributed by atoms with Crippen LogP contribution in [-0.4, -0.2) is 56.1 Å². The van der Waals surface area contributed by atoms with Crippen molar-refractivity contribution in [3.8, 4) is 0 Å². The Morgan fingerprint density at radius 1 is 1.06 bits per heavy atom. The molecule has 0 bridgehead atoms. The molecule has 1 spiro atoms. The Balaban J connectivity index is 1.33. The summed E-state index contributed by atoms with van der Waals surface area (Å²) in [5, 5.41) is 19.9. The van der Waals surface area contributed by atoms with Gasteiger partial charge in [-0.1, -0.05) is 25.0 Å². The normalized spacial score (nSPS) is 26.4. The minimum absolute atomic E-state index is 0.0717. The number of para-hydroxylation sites is 2. The maximum Gasteiger partial charge on any atom is 0.329 e. The molecule has 3 fully saturated rings. The van der Waals surface area contributed by atoms with Crippen molar-refractivity contribution < 1.29 is 10.2 Å². The summed E-state index contributed by atoms with van der Waals surface area (Å²) >= 11 is 0. The highest BCUT2D eigenvalue weighted by atomic mass is 16.3. The van der Waals surface area contributed by atoms with Gasteiger partial charge in [0.2, 0.25) is 0 Å². The Kier molecular flexibility index (Phi) is 5.51. The third-order valence-electron chi connectivity index (χ3n) is 8.34. The average molecular weight is 428 g/mol. The second-order valence-corrected chi connectivity index (χ2v) is 10.7. The van der Waals surface area contributed by atoms with E-state index >= 15 is 0 Å². The van der Waals surface area contributed by atoms with E-state index in [1.54, 1.807) is 11.5 Å². The molecule has 31 heavy (non-hydrogen) atoms. The lowest BCUT2D eigenvalue weighted by molar-refractivity contribution is -0.0120. The molecule has 2 heterocycles. The van der Waals surface area contributed by atoms with E-state index < -0.39 is 5.60 Å². The van der Waals surface area contributed by atoms with Crippen molar-refractivity contribution in [2.45, 2.75) is 76.5 Å². The standard InChI is InChI=1S/C25H37N3O3/c1-24(31,18-29)17-27-21-7-2-3-8-22(21)28(23(27)30)20-9-14-26(15-10-20)16-19-6-4-5-11-25(19)12-13-25/h2-3,7-8,19-20,29,31H,4-6,9-18H2,1H3/t19-,24-/m0/s1. The van der Waals surface area contributed by atoms with Crippen LogP contribution in [-0.2, 0) is 6.54 Å². The predicted octanol–water partition coefficient (Wildman–Crippen LogP) is 3.15. The lowest BCUT2D eigenvalue weighted by Crippen LogP contribution is -2.43. The molecule has 2 atom stereocenters. The van der Waals surface area contributed by atoms with E-state index in [0.29, 0.717) is 5.41 Å². The number of aliphatic hydroxyl groups excluding tert-OH is 1. The zero-order valence-corrected chi connectivity index (χ0v) is 18.8. The van der Waals surface area contributed by atoms with Gasteiger partial charge in [-0.2, -0.15) is 0 Å². The number of aliphatic hydroxyl groups is 2. The molecule has 2 aromatic rings. The van der Waals surface area contributed by atoms with E-state index in [4.69, 9.17) is 0 Å². The summed E-state index contributed by atoms with van der Waals surface area (Å²) in [7, 11) is 0. The van der Waals surface area contributed by atoms with Crippen LogP contribution >= 0.6 is 0 Å². The van der Waals surface area contributed by atoms with Crippen molar-refractivity contribution >= 4 is 11.0 Å². The molecule has 1 aromatic carbocycles. The van der Waals surface area contributed by atoms with Crippen molar-refractivity contribution in [1.29, 1.82) is 0 Å². The quantitative estimate of drug-likeness (QED) is 0.743. The predicted molar refractivity (Wildman–Crippen MR) is 122 cm³/mol. The van der Waals surface area contributed by atoms with E-state index in [1.165, 1.54) is 45.1 Å². The third kappa shape index (κ3) is 3.98. The highest BCUT2D eigenvalue weighted by Gasteiger charge is 2.50. The zero-order valence-electron chi connectivity index (χ0n) is 18.8. The lowest BCUT2D eigenvalue weighted by atomic mass is 9.76. The summed E-state index contributed by atoms with van der Waals surface area (Å²) in [5.74, 6) is 0.878. The van der Waals surface area contributed by atoms with E-state index in [9.17, 15) is 15.0 Å². The number of fused-ring (bicyclic) bond motifs is 1. The number of hydrogen-bond acceptors (Lipinski definition) is 4. The monoisotopic (exact) mass is 427 g/mol. The van der Waals surface area contributed by atoms with Crippen LogP contribution in [0.25, 0.3) is 11.0 Å². The average Bonchev–Trinajstić information content (AvgIpc) is 3.50. The summed E-state index contributed by atoms with van der Waals surface area (Å²) < 4.78 is 3.58. The van der Waals surface area contributed by atoms with Crippen LogP contribution in [0.2, 0.25) is 0 Å². The molecule has 2 N–H and O–H groups in total. The number of hydrogen-bond donors (Lipinski definition) is 2. The first-order chi connectivity index (χ1) is 14.9. The molecule has 1 saturated heterocycles. The Morgan fingerprint density at radius 2 is 1.77 bits per heavy atom. The highest BCUT2D eigenvalue weighted by molar-refractivity contribution is 5.76. The first kappa shape index (κ1) is 21.2. The number of nitrogens with zero attached hydrogens (tertiary/aromatic N) is 3. The molecular weight excluding hydrogens is 390 g/mol. The van der Waals surface area contributed by atoms with Gasteiger partial charge in [0.05, 0.1) is 24.2 Å². The van der Waals surface area contributed by atoms with Crippen LogP contribution in [0.15, 0.2) is 29.1 Å². The SMILES string of the molecule is C[C@@](O)(CO)Cn1c(=O)n(C2CCN(C[C@@H]3CCCCC34CC4)CC2)c2ccccc21. The maximum atomic E-state index is 13.4. The number of likely N-dealkylation sites (tertiary alicyclic amines) is 1. The molecule has 5 rings (SSSR count). The van der Waals surface area contributed by atoms with E-state index in [2.05, 4.69) is 4.90 Å². The van der Waals surface area contributed by atoms with Gasteiger partial charge in [0, 0.05) is 25.7 Å². The van der Waals surface area contributed by atoms with Crippen molar-refractivity contribution in [3.05, 3.63) is 34.7 Å². The molecule has 1 aliphatic heterocycles. The van der Waals surface area contributed by atoms with Gasteiger partial charge in [-0.05, 0) is 68.9 Å². The Bertz CT molecular complexity index is 980. The summed E-state index contributed by atoms with van der Waals surface area (Å²) in [5.41, 5.74) is 1.06. The van der Waals surface area contributed by atoms with Gasteiger partial charge in [0.1, 0.15) is 5.60 Å². The van der Waals surface area contributed by atoms with Gasteiger partial charge in [-0.15, -0.1) is 0 Å². The first-order valence-corrected chi connectivity index (χ1v) is 12.2. The van der Waals surface area contributed by atoms with Gasteiger partial charge in [0.25, 0.3) is 0 Å². The summed E-state index contributed by atoms with van der Waals surface area (Å²) in [6.45, 7) is 4.64. The van der Waals surface area contributed by atoms with Crippen molar-refractivity contribution in [2.75, 3.05) is 26.2 Å². The molecule has 1 aromatic heterocycles. The largest absolute Gasteiger partial charge is 0.393 e. The fourth-order valence-electron chi connectivity index (χ4n) is 6.28. The van der Waals surface area contributed by atoms with Crippen molar-refractivity contribution in [1.82, 2.24) is 14.0 Å². The fourth-order valence-corrected chi connectivity index (χ4v) is 6.28. The van der Waals surface area contributed by atoms with Crippen LogP contribution in [0.4, 0.5) is 0 Å². The zero-order chi connectivity index (χ0) is 21.6. The topological polar surface area (TPSA) is 70.6 Å². The van der Waals surface area contributed by atoms with Gasteiger partial charge in [-0.3, -0.25) is 9.13 Å². The lowest BCUT2D eigenvalue weighted by Gasteiger charge is -2.39. The summed E-state index contributed by atoms with van der Waals surface area (Å²) in [4.78, 5) is 16.0. The molecule has 6 heteroatoms. The van der Waals surface area contributed by atoms with E-state index in [0.717, 1.165) is 42.9 Å². The molecule has 170 valence electrons. The van der Waals surface area contributed by atoms with Crippen LogP contribution in [0.5, 0.6) is 0 Å². The van der Waals surface area contributed by atoms with Gasteiger partial charge in [0.15, 0.2) is 0 Å². The molecule has 2 saturated carbocycles. The molecule has 0 unspecified atom stereocenters. The minimum atomic E-state index is -1.32. The highest BCUT2D eigenvalue weighted by Crippen LogP contribution is 2.59. The third-order valence-corrected chi connectivity index (χ3v) is 8.34. The molecule has 2 aliphatic carbocycles. The second-order valence-electron chi connectivity index (χ2n) is 10.7. The second kappa shape index (κ2) is 8.05. The number of rotatable bonds is 6. The van der Waals surface area contributed by atoms with Gasteiger partial charge in [-0.25, -0.2) is 4.79 Å². The first-order valence-electron chi connectivity index (χ1n) is 12.2. The minimum Gasteiger partial charge on any atom is -0.393 e. The number of imidazole rings is 1. The smallest absolute Gasteiger partial charge is 0.329 e. The molecule has 3 aliphatic rings. The number of benzene rings is 1. The molecule has 6 nitrogen and oxygen atoms in total. The fraction of sp³-hybridized carbons (Fsp3) is 0.720. The summed E-state index contributed by atoms with van der Waals surface area (Å²) in [6, 6.07) is 8.03. The van der Waals surface area contributed by atoms with Crippen LogP contribution in [0, 0.1) is 11.3 Å². The van der Waals surface area contributed by atoms with Crippen LogP contribution in [0.1, 0.15) is 64.3 Å². The Morgan fingerprint density at radius 3 is 2.45 bits per heavy atom. The van der Waals surface area contributed by atoms with Gasteiger partial charge < -0.3 is 15.1 Å². The summed E-state index contributed by atoms with van der Waals surface area (Å²) in [6.07, 6.45) is 10.5. The van der Waals surface area contributed by atoms with Crippen molar-refractivity contribution in [2.24, 2.45) is 11.3 Å². The van der Waals surface area contributed by atoms with Gasteiger partial charge >= 0.3 is 5.69 Å². The number of aromatic nitrogens is 2. The molecular formula is C25H37N3O3.